The van der Waals surface area contributed by atoms with E-state index in [9.17, 15) is 0 Å². The van der Waals surface area contributed by atoms with E-state index in [4.69, 9.17) is 16.9 Å². The molecule has 0 unspecified atom stereocenters. The van der Waals surface area contributed by atoms with Crippen LogP contribution in [0.3, 0.4) is 0 Å². The van der Waals surface area contributed by atoms with Crippen molar-refractivity contribution in [1.29, 1.82) is 5.26 Å². The van der Waals surface area contributed by atoms with Crippen molar-refractivity contribution < 1.29 is 0 Å². The average molecular weight is 301 g/mol. The lowest BCUT2D eigenvalue weighted by atomic mass is 10.1. The Labute approximate surface area is 130 Å². The third-order valence-electron chi connectivity index (χ3n) is 3.14. The highest BCUT2D eigenvalue weighted by atomic mass is 35.5. The monoisotopic (exact) mass is 300 g/mol. The summed E-state index contributed by atoms with van der Waals surface area (Å²) in [6.45, 7) is 2.67. The van der Waals surface area contributed by atoms with E-state index >= 15 is 0 Å². The molecule has 5 heteroatoms. The number of rotatable bonds is 6. The maximum absolute atomic E-state index is 8.90. The summed E-state index contributed by atoms with van der Waals surface area (Å²) in [5.74, 6) is 0.790. The molecule has 0 saturated carbocycles. The predicted octanol–water partition coefficient (Wildman–Crippen LogP) is 4.13. The molecule has 0 saturated heterocycles. The van der Waals surface area contributed by atoms with Crippen LogP contribution in [0.5, 0.6) is 0 Å². The molecule has 0 radical (unpaired) electrons. The third kappa shape index (κ3) is 3.71. The van der Waals surface area contributed by atoms with Gasteiger partial charge in [0.25, 0.3) is 0 Å². The molecule has 1 heterocycles. The maximum Gasteiger partial charge on any atom is 0.141 e. The first-order valence-corrected chi connectivity index (χ1v) is 7.34. The molecule has 0 atom stereocenters. The number of anilines is 2. The van der Waals surface area contributed by atoms with Gasteiger partial charge < -0.3 is 4.90 Å². The summed E-state index contributed by atoms with van der Waals surface area (Å²) in [5, 5.41) is 9.39. The smallest absolute Gasteiger partial charge is 0.141 e. The van der Waals surface area contributed by atoms with Crippen LogP contribution in [0, 0.1) is 11.3 Å². The second kappa shape index (κ2) is 7.61. The first kappa shape index (κ1) is 15.3. The number of nitrogens with zero attached hydrogens (tertiary/aromatic N) is 4. The Balaban J connectivity index is 2.46. The first-order valence-electron chi connectivity index (χ1n) is 6.96. The van der Waals surface area contributed by atoms with Crippen molar-refractivity contribution in [2.24, 2.45) is 0 Å². The molecule has 0 aliphatic heterocycles. The molecule has 1 aromatic carbocycles. The highest BCUT2D eigenvalue weighted by Gasteiger charge is 2.17. The molecule has 1 aromatic heterocycles. The minimum absolute atomic E-state index is 0.419. The molecule has 0 N–H and O–H groups in total. The summed E-state index contributed by atoms with van der Waals surface area (Å²) in [4.78, 5) is 10.5. The standard InChI is InChI=1S/C16H17ClN4/c1-2-7-14-15(17)19-12-20-16(14)21(11-6-10-18)13-8-4-3-5-9-13/h3-5,8-9,12H,2,6-7,11H2,1H3. The Bertz CT molecular complexity index is 622. The highest BCUT2D eigenvalue weighted by Crippen LogP contribution is 2.30. The van der Waals surface area contributed by atoms with E-state index in [1.165, 1.54) is 6.33 Å². The molecule has 0 spiro atoms. The van der Waals surface area contributed by atoms with Gasteiger partial charge in [-0.2, -0.15) is 5.26 Å². The molecule has 108 valence electrons. The normalized spacial score (nSPS) is 10.1. The number of aromatic nitrogens is 2. The Kier molecular flexibility index (Phi) is 5.53. The predicted molar refractivity (Wildman–Crippen MR) is 84.7 cm³/mol. The van der Waals surface area contributed by atoms with Gasteiger partial charge in [0, 0.05) is 17.8 Å². The molecule has 0 bridgehead atoms. The van der Waals surface area contributed by atoms with Gasteiger partial charge in [0.05, 0.1) is 12.5 Å². The fraction of sp³-hybridized carbons (Fsp3) is 0.312. The van der Waals surface area contributed by atoms with Gasteiger partial charge in [-0.1, -0.05) is 43.1 Å². The van der Waals surface area contributed by atoms with Crippen LogP contribution in [0.1, 0.15) is 25.3 Å². The second-order valence-corrected chi connectivity index (χ2v) is 4.97. The van der Waals surface area contributed by atoms with Gasteiger partial charge in [-0.15, -0.1) is 0 Å². The third-order valence-corrected chi connectivity index (χ3v) is 3.47. The van der Waals surface area contributed by atoms with Gasteiger partial charge in [0.2, 0.25) is 0 Å². The summed E-state index contributed by atoms with van der Waals surface area (Å²) in [7, 11) is 0. The Morgan fingerprint density at radius 3 is 2.67 bits per heavy atom. The lowest BCUT2D eigenvalue weighted by molar-refractivity contribution is 0.861. The number of hydrogen-bond acceptors (Lipinski definition) is 4. The first-order chi connectivity index (χ1) is 10.3. The molecular formula is C16H17ClN4. The Morgan fingerprint density at radius 2 is 2.00 bits per heavy atom. The number of para-hydroxylation sites is 1. The number of nitriles is 1. The van der Waals surface area contributed by atoms with E-state index in [0.29, 0.717) is 18.1 Å². The van der Waals surface area contributed by atoms with Crippen LogP contribution in [0.4, 0.5) is 11.5 Å². The SMILES string of the molecule is CCCc1c(Cl)ncnc1N(CCC#N)c1ccccc1. The van der Waals surface area contributed by atoms with Gasteiger partial charge in [-0.05, 0) is 18.6 Å². The molecule has 2 rings (SSSR count). The van der Waals surface area contributed by atoms with Crippen LogP contribution in [-0.4, -0.2) is 16.5 Å². The summed E-state index contributed by atoms with van der Waals surface area (Å²) >= 11 is 6.23. The lowest BCUT2D eigenvalue weighted by Crippen LogP contribution is -2.21. The number of hydrogen-bond donors (Lipinski definition) is 0. The highest BCUT2D eigenvalue weighted by molar-refractivity contribution is 6.30. The zero-order valence-electron chi connectivity index (χ0n) is 12.0. The van der Waals surface area contributed by atoms with Crippen LogP contribution >= 0.6 is 11.6 Å². The topological polar surface area (TPSA) is 52.8 Å². The summed E-state index contributed by atoms with van der Waals surface area (Å²) in [6.07, 6.45) is 3.66. The quantitative estimate of drug-likeness (QED) is 0.753. The second-order valence-electron chi connectivity index (χ2n) is 4.61. The summed E-state index contributed by atoms with van der Waals surface area (Å²) < 4.78 is 0. The maximum atomic E-state index is 8.90. The molecule has 4 nitrogen and oxygen atoms in total. The van der Waals surface area contributed by atoms with Crippen molar-refractivity contribution in [2.45, 2.75) is 26.2 Å². The van der Waals surface area contributed by atoms with Crippen molar-refractivity contribution in [3.05, 3.63) is 47.4 Å². The van der Waals surface area contributed by atoms with E-state index in [1.807, 2.05) is 35.2 Å². The van der Waals surface area contributed by atoms with Crippen LogP contribution in [0.25, 0.3) is 0 Å². The number of halogens is 1. The minimum atomic E-state index is 0.419. The molecule has 21 heavy (non-hydrogen) atoms. The van der Waals surface area contributed by atoms with Gasteiger partial charge >= 0.3 is 0 Å². The van der Waals surface area contributed by atoms with E-state index in [1.54, 1.807) is 0 Å². The van der Waals surface area contributed by atoms with Gasteiger partial charge in [-0.25, -0.2) is 9.97 Å². The van der Waals surface area contributed by atoms with Crippen molar-refractivity contribution >= 4 is 23.1 Å². The van der Waals surface area contributed by atoms with Gasteiger partial charge in [0.1, 0.15) is 17.3 Å². The minimum Gasteiger partial charge on any atom is -0.325 e. The largest absolute Gasteiger partial charge is 0.325 e. The van der Waals surface area contributed by atoms with Crippen molar-refractivity contribution in [2.75, 3.05) is 11.4 Å². The molecule has 0 amide bonds. The number of benzene rings is 1. The average Bonchev–Trinajstić information content (AvgIpc) is 2.52. The molecular weight excluding hydrogens is 284 g/mol. The van der Waals surface area contributed by atoms with Crippen LogP contribution in [-0.2, 0) is 6.42 Å². The van der Waals surface area contributed by atoms with Crippen LogP contribution in [0.15, 0.2) is 36.7 Å². The molecule has 0 aliphatic rings. The zero-order chi connectivity index (χ0) is 15.1. The van der Waals surface area contributed by atoms with Crippen molar-refractivity contribution in [1.82, 2.24) is 9.97 Å². The summed E-state index contributed by atoms with van der Waals surface area (Å²) in [5.41, 5.74) is 1.93. The lowest BCUT2D eigenvalue weighted by Gasteiger charge is -2.25. The molecule has 0 fully saturated rings. The fourth-order valence-electron chi connectivity index (χ4n) is 2.21. The van der Waals surface area contributed by atoms with Gasteiger partial charge in [0.15, 0.2) is 0 Å². The Hall–Kier alpha value is -2.12. The van der Waals surface area contributed by atoms with Crippen molar-refractivity contribution in [3.8, 4) is 6.07 Å². The molecule has 2 aromatic rings. The Morgan fingerprint density at radius 1 is 1.24 bits per heavy atom. The molecule has 0 aliphatic carbocycles. The van der Waals surface area contributed by atoms with Gasteiger partial charge in [-0.3, -0.25) is 0 Å². The fourth-order valence-corrected chi connectivity index (χ4v) is 2.43. The zero-order valence-corrected chi connectivity index (χ0v) is 12.7. The van der Waals surface area contributed by atoms with E-state index in [-0.39, 0.29) is 0 Å². The van der Waals surface area contributed by atoms with E-state index in [0.717, 1.165) is 29.9 Å². The van der Waals surface area contributed by atoms with E-state index in [2.05, 4.69) is 23.0 Å². The van der Waals surface area contributed by atoms with Crippen molar-refractivity contribution in [3.63, 3.8) is 0 Å². The summed E-state index contributed by atoms with van der Waals surface area (Å²) in [6, 6.07) is 12.1. The van der Waals surface area contributed by atoms with Crippen LogP contribution < -0.4 is 4.90 Å². The van der Waals surface area contributed by atoms with E-state index < -0.39 is 0 Å². The van der Waals surface area contributed by atoms with Crippen LogP contribution in [0.2, 0.25) is 5.15 Å².